The first-order valence-corrected chi connectivity index (χ1v) is 7.34. The number of nitrogens with two attached hydrogens (primary N) is 1. The lowest BCUT2D eigenvalue weighted by Crippen LogP contribution is -2.25. The van der Waals surface area contributed by atoms with Crippen LogP contribution in [-0.2, 0) is 27.5 Å². The van der Waals surface area contributed by atoms with Crippen molar-refractivity contribution in [1.29, 1.82) is 0 Å². The molecule has 7 nitrogen and oxygen atoms in total. The highest BCUT2D eigenvalue weighted by Crippen LogP contribution is 2.28. The fourth-order valence-corrected chi connectivity index (χ4v) is 2.20. The van der Waals surface area contributed by atoms with Crippen LogP contribution in [0.1, 0.15) is 57.5 Å². The van der Waals surface area contributed by atoms with Crippen LogP contribution in [0.25, 0.3) is 0 Å². The fraction of sp³-hybridized carbons (Fsp3) is 0.786. The van der Waals surface area contributed by atoms with Gasteiger partial charge in [0, 0.05) is 13.2 Å². The van der Waals surface area contributed by atoms with Crippen LogP contribution >= 0.6 is 0 Å². The van der Waals surface area contributed by atoms with E-state index in [9.17, 15) is 4.79 Å². The smallest absolute Gasteiger partial charge is 0.313 e. The molecule has 0 radical (unpaired) electrons. The molecule has 0 aliphatic carbocycles. The Morgan fingerprint density at radius 1 is 1.48 bits per heavy atom. The zero-order chi connectivity index (χ0) is 15.5. The molecule has 1 fully saturated rings. The minimum absolute atomic E-state index is 0.0301. The quantitative estimate of drug-likeness (QED) is 0.847. The third-order valence-corrected chi connectivity index (χ3v) is 3.48. The predicted octanol–water partition coefficient (Wildman–Crippen LogP) is 1.53. The second-order valence-corrected chi connectivity index (χ2v) is 6.29. The molecule has 0 amide bonds. The van der Waals surface area contributed by atoms with E-state index in [1.807, 2.05) is 20.8 Å². The number of esters is 1. The highest BCUT2D eigenvalue weighted by atomic mass is 16.5. The third-order valence-electron chi connectivity index (χ3n) is 3.48. The summed E-state index contributed by atoms with van der Waals surface area (Å²) < 4.78 is 12.5. The van der Waals surface area contributed by atoms with Gasteiger partial charge in [-0.25, -0.2) is 4.68 Å². The van der Waals surface area contributed by atoms with E-state index in [4.69, 9.17) is 15.2 Å². The van der Waals surface area contributed by atoms with E-state index < -0.39 is 5.41 Å². The topological polar surface area (TPSA) is 92.3 Å². The molecule has 2 N–H and O–H groups in total. The van der Waals surface area contributed by atoms with Crippen molar-refractivity contribution in [2.45, 2.75) is 59.4 Å². The third kappa shape index (κ3) is 3.79. The molecule has 0 aromatic carbocycles. The van der Waals surface area contributed by atoms with Crippen LogP contribution in [0.5, 0.6) is 0 Å². The van der Waals surface area contributed by atoms with Crippen molar-refractivity contribution < 1.29 is 14.3 Å². The molecule has 1 atom stereocenters. The molecule has 2 rings (SSSR count). The Morgan fingerprint density at radius 2 is 2.24 bits per heavy atom. The summed E-state index contributed by atoms with van der Waals surface area (Å²) in [5.41, 5.74) is 6.79. The van der Waals surface area contributed by atoms with Crippen molar-refractivity contribution in [2.75, 3.05) is 6.61 Å². The molecular formula is C14H24N4O3. The average Bonchev–Trinajstić information content (AvgIpc) is 2.87. The Kier molecular flexibility index (Phi) is 4.95. The number of carbonyl (C=O) groups is 1. The van der Waals surface area contributed by atoms with Crippen LogP contribution < -0.4 is 5.73 Å². The van der Waals surface area contributed by atoms with Gasteiger partial charge in [-0.15, -0.1) is 5.10 Å². The SMILES string of the molecule is CC(C)(C)C(=O)OCn1nnc(C2CCCCO2)c1CN. The van der Waals surface area contributed by atoms with Gasteiger partial charge < -0.3 is 15.2 Å². The summed E-state index contributed by atoms with van der Waals surface area (Å²) in [4.78, 5) is 11.8. The lowest BCUT2D eigenvalue weighted by atomic mass is 9.98. The van der Waals surface area contributed by atoms with Gasteiger partial charge in [-0.1, -0.05) is 5.21 Å². The summed E-state index contributed by atoms with van der Waals surface area (Å²) in [6.45, 7) is 6.48. The summed E-state index contributed by atoms with van der Waals surface area (Å²) in [6, 6.07) is 0. The van der Waals surface area contributed by atoms with Crippen LogP contribution in [0.4, 0.5) is 0 Å². The largest absolute Gasteiger partial charge is 0.442 e. The Bertz CT molecular complexity index is 487. The summed E-state index contributed by atoms with van der Waals surface area (Å²) >= 11 is 0. The van der Waals surface area contributed by atoms with Crippen molar-refractivity contribution in [1.82, 2.24) is 15.0 Å². The molecule has 1 aromatic rings. The number of hydrogen-bond acceptors (Lipinski definition) is 6. The maximum Gasteiger partial charge on any atom is 0.313 e. The lowest BCUT2D eigenvalue weighted by molar-refractivity contribution is -0.157. The molecular weight excluding hydrogens is 272 g/mol. The second-order valence-electron chi connectivity index (χ2n) is 6.29. The first-order chi connectivity index (χ1) is 9.93. The Balaban J connectivity index is 2.07. The number of carbonyl (C=O) groups excluding carboxylic acids is 1. The monoisotopic (exact) mass is 296 g/mol. The normalized spacial score (nSPS) is 19.5. The summed E-state index contributed by atoms with van der Waals surface area (Å²) in [5.74, 6) is -0.281. The minimum Gasteiger partial charge on any atom is -0.442 e. The van der Waals surface area contributed by atoms with Crippen LogP contribution in [-0.4, -0.2) is 27.6 Å². The molecule has 0 bridgehead atoms. The summed E-state index contributed by atoms with van der Waals surface area (Å²) in [7, 11) is 0. The van der Waals surface area contributed by atoms with Gasteiger partial charge in [0.15, 0.2) is 6.73 Å². The Hall–Kier alpha value is -1.47. The fourth-order valence-electron chi connectivity index (χ4n) is 2.20. The zero-order valence-corrected chi connectivity index (χ0v) is 13.0. The van der Waals surface area contributed by atoms with Crippen LogP contribution in [0, 0.1) is 5.41 Å². The number of ether oxygens (including phenoxy) is 2. The van der Waals surface area contributed by atoms with Gasteiger partial charge in [0.05, 0.1) is 11.1 Å². The van der Waals surface area contributed by atoms with E-state index in [-0.39, 0.29) is 25.3 Å². The highest BCUT2D eigenvalue weighted by Gasteiger charge is 2.26. The van der Waals surface area contributed by atoms with Gasteiger partial charge in [0.2, 0.25) is 0 Å². The van der Waals surface area contributed by atoms with Gasteiger partial charge in [0.1, 0.15) is 11.8 Å². The van der Waals surface area contributed by atoms with Crippen LogP contribution in [0.15, 0.2) is 0 Å². The first-order valence-electron chi connectivity index (χ1n) is 7.34. The van der Waals surface area contributed by atoms with Gasteiger partial charge in [-0.2, -0.15) is 0 Å². The number of hydrogen-bond donors (Lipinski definition) is 1. The van der Waals surface area contributed by atoms with Gasteiger partial charge in [-0.05, 0) is 40.0 Å². The van der Waals surface area contributed by atoms with Crippen molar-refractivity contribution in [3.8, 4) is 0 Å². The molecule has 1 aliphatic rings. The molecule has 118 valence electrons. The Labute approximate surface area is 124 Å². The molecule has 1 saturated heterocycles. The van der Waals surface area contributed by atoms with Crippen LogP contribution in [0.3, 0.4) is 0 Å². The standard InChI is InChI=1S/C14H24N4O3/c1-14(2,3)13(19)21-9-18-10(8-15)12(16-17-18)11-6-4-5-7-20-11/h11H,4-9,15H2,1-3H3. The van der Waals surface area contributed by atoms with E-state index in [1.54, 1.807) is 0 Å². The highest BCUT2D eigenvalue weighted by molar-refractivity contribution is 5.75. The molecule has 7 heteroatoms. The van der Waals surface area contributed by atoms with Crippen molar-refractivity contribution >= 4 is 5.97 Å². The minimum atomic E-state index is -0.543. The number of nitrogens with zero attached hydrogens (tertiary/aromatic N) is 3. The number of aromatic nitrogens is 3. The van der Waals surface area contributed by atoms with E-state index in [2.05, 4.69) is 10.3 Å². The van der Waals surface area contributed by atoms with E-state index >= 15 is 0 Å². The van der Waals surface area contributed by atoms with Crippen molar-refractivity contribution in [3.05, 3.63) is 11.4 Å². The molecule has 21 heavy (non-hydrogen) atoms. The van der Waals surface area contributed by atoms with Gasteiger partial charge in [0.25, 0.3) is 0 Å². The second kappa shape index (κ2) is 6.53. The summed E-state index contributed by atoms with van der Waals surface area (Å²) in [5, 5.41) is 8.21. The Morgan fingerprint density at radius 3 is 2.81 bits per heavy atom. The van der Waals surface area contributed by atoms with Crippen molar-refractivity contribution in [2.24, 2.45) is 11.1 Å². The molecule has 1 aliphatic heterocycles. The van der Waals surface area contributed by atoms with Gasteiger partial charge >= 0.3 is 5.97 Å². The van der Waals surface area contributed by atoms with E-state index in [0.717, 1.165) is 37.3 Å². The maximum absolute atomic E-state index is 11.8. The lowest BCUT2D eigenvalue weighted by Gasteiger charge is -2.21. The molecule has 1 aromatic heterocycles. The molecule has 0 spiro atoms. The molecule has 0 saturated carbocycles. The van der Waals surface area contributed by atoms with E-state index in [0.29, 0.717) is 0 Å². The van der Waals surface area contributed by atoms with Crippen molar-refractivity contribution in [3.63, 3.8) is 0 Å². The van der Waals surface area contributed by atoms with Gasteiger partial charge in [-0.3, -0.25) is 4.79 Å². The van der Waals surface area contributed by atoms with E-state index in [1.165, 1.54) is 4.68 Å². The number of rotatable bonds is 4. The molecule has 1 unspecified atom stereocenters. The molecule has 2 heterocycles. The predicted molar refractivity (Wildman–Crippen MR) is 76.0 cm³/mol. The summed E-state index contributed by atoms with van der Waals surface area (Å²) in [6.07, 6.45) is 3.06. The average molecular weight is 296 g/mol. The first kappa shape index (κ1) is 15.9. The zero-order valence-electron chi connectivity index (χ0n) is 13.0. The van der Waals surface area contributed by atoms with Crippen LogP contribution in [0.2, 0.25) is 0 Å². The maximum atomic E-state index is 11.8.